The van der Waals surface area contributed by atoms with E-state index in [9.17, 15) is 18.4 Å². The van der Waals surface area contributed by atoms with E-state index in [1.807, 2.05) is 19.1 Å². The molecule has 0 radical (unpaired) electrons. The Labute approximate surface area is 131 Å². The number of carbonyl (C=O) groups excluding carboxylic acids is 2. The predicted octanol–water partition coefficient (Wildman–Crippen LogP) is 3.02. The lowest BCUT2D eigenvalue weighted by Gasteiger charge is -2.16. The molecule has 6 heteroatoms. The second-order valence-corrected chi connectivity index (χ2v) is 5.43. The highest BCUT2D eigenvalue weighted by molar-refractivity contribution is 6.23. The van der Waals surface area contributed by atoms with Gasteiger partial charge in [0.15, 0.2) is 0 Å². The summed E-state index contributed by atoms with van der Waals surface area (Å²) >= 11 is 0. The number of nitrogens with one attached hydrogen (secondary N) is 1. The quantitative estimate of drug-likeness (QED) is 0.886. The predicted molar refractivity (Wildman–Crippen MR) is 82.1 cm³/mol. The standard InChI is InChI=1S/C17H14F2N2O2/c1-10-2-5-12(6-3-10)20-14-9-16(22)21(17(14)23)15-7-4-11(18)8-13(15)19/h2-8,14,20H,9H2,1H3/t14-/m0/s1. The van der Waals surface area contributed by atoms with Crippen molar-refractivity contribution in [2.45, 2.75) is 19.4 Å². The second-order valence-electron chi connectivity index (χ2n) is 5.43. The van der Waals surface area contributed by atoms with Crippen LogP contribution in [0.2, 0.25) is 0 Å². The number of halogens is 2. The van der Waals surface area contributed by atoms with E-state index in [1.54, 1.807) is 12.1 Å². The van der Waals surface area contributed by atoms with Crippen molar-refractivity contribution in [3.05, 3.63) is 59.7 Å². The molecule has 0 spiro atoms. The maximum atomic E-state index is 13.8. The summed E-state index contributed by atoms with van der Waals surface area (Å²) in [6.07, 6.45) is -0.0798. The maximum absolute atomic E-state index is 13.8. The van der Waals surface area contributed by atoms with Crippen LogP contribution in [0.1, 0.15) is 12.0 Å². The number of imide groups is 1. The van der Waals surface area contributed by atoms with Gasteiger partial charge in [0, 0.05) is 11.8 Å². The molecule has 1 saturated heterocycles. The van der Waals surface area contributed by atoms with Crippen molar-refractivity contribution in [3.63, 3.8) is 0 Å². The zero-order valence-electron chi connectivity index (χ0n) is 12.3. The van der Waals surface area contributed by atoms with Gasteiger partial charge in [-0.05, 0) is 31.2 Å². The highest BCUT2D eigenvalue weighted by Gasteiger charge is 2.40. The topological polar surface area (TPSA) is 49.4 Å². The fraction of sp³-hybridized carbons (Fsp3) is 0.176. The number of aryl methyl sites for hydroxylation is 1. The average Bonchev–Trinajstić information content (AvgIpc) is 2.77. The van der Waals surface area contributed by atoms with Crippen LogP contribution in [-0.4, -0.2) is 17.9 Å². The Morgan fingerprint density at radius 2 is 1.78 bits per heavy atom. The normalized spacial score (nSPS) is 17.7. The van der Waals surface area contributed by atoms with Crippen LogP contribution in [0.15, 0.2) is 42.5 Å². The van der Waals surface area contributed by atoms with Crippen molar-refractivity contribution >= 4 is 23.2 Å². The summed E-state index contributed by atoms with van der Waals surface area (Å²) in [6, 6.07) is 9.34. The van der Waals surface area contributed by atoms with Crippen LogP contribution >= 0.6 is 0 Å². The number of carbonyl (C=O) groups is 2. The van der Waals surface area contributed by atoms with E-state index >= 15 is 0 Å². The van der Waals surface area contributed by atoms with E-state index in [2.05, 4.69) is 5.32 Å². The molecule has 0 aliphatic carbocycles. The molecule has 3 rings (SSSR count). The highest BCUT2D eigenvalue weighted by atomic mass is 19.1. The zero-order chi connectivity index (χ0) is 16.6. The minimum absolute atomic E-state index is 0.0798. The minimum Gasteiger partial charge on any atom is -0.373 e. The van der Waals surface area contributed by atoms with Gasteiger partial charge in [0.25, 0.3) is 5.91 Å². The zero-order valence-corrected chi connectivity index (χ0v) is 12.3. The molecular formula is C17H14F2N2O2. The number of nitrogens with zero attached hydrogens (tertiary/aromatic N) is 1. The van der Waals surface area contributed by atoms with Crippen LogP contribution in [-0.2, 0) is 9.59 Å². The van der Waals surface area contributed by atoms with Gasteiger partial charge in [-0.2, -0.15) is 0 Å². The SMILES string of the molecule is Cc1ccc(N[C@H]2CC(=O)N(c3ccc(F)cc3F)C2=O)cc1. The number of rotatable bonds is 3. The Balaban J connectivity index is 1.83. The minimum atomic E-state index is -0.942. The van der Waals surface area contributed by atoms with Crippen molar-refractivity contribution in [2.24, 2.45) is 0 Å². The van der Waals surface area contributed by atoms with Gasteiger partial charge in [0.1, 0.15) is 17.7 Å². The molecular weight excluding hydrogens is 302 g/mol. The van der Waals surface area contributed by atoms with Crippen molar-refractivity contribution in [3.8, 4) is 0 Å². The molecule has 2 aromatic carbocycles. The third-order valence-corrected chi connectivity index (χ3v) is 3.69. The van der Waals surface area contributed by atoms with Gasteiger partial charge < -0.3 is 5.32 Å². The average molecular weight is 316 g/mol. The van der Waals surface area contributed by atoms with Crippen LogP contribution in [0.4, 0.5) is 20.2 Å². The van der Waals surface area contributed by atoms with Gasteiger partial charge in [-0.25, -0.2) is 13.7 Å². The molecule has 0 saturated carbocycles. The molecule has 1 aliphatic rings. The third-order valence-electron chi connectivity index (χ3n) is 3.69. The Morgan fingerprint density at radius 1 is 1.09 bits per heavy atom. The molecule has 0 bridgehead atoms. The lowest BCUT2D eigenvalue weighted by Crippen LogP contribution is -2.35. The van der Waals surface area contributed by atoms with Crippen LogP contribution in [0.25, 0.3) is 0 Å². The monoisotopic (exact) mass is 316 g/mol. The van der Waals surface area contributed by atoms with Crippen LogP contribution in [0.3, 0.4) is 0 Å². The van der Waals surface area contributed by atoms with Gasteiger partial charge in [0.05, 0.1) is 12.1 Å². The first kappa shape index (κ1) is 15.1. The molecule has 0 unspecified atom stereocenters. The fourth-order valence-corrected chi connectivity index (χ4v) is 2.51. The van der Waals surface area contributed by atoms with Gasteiger partial charge in [-0.3, -0.25) is 9.59 Å². The van der Waals surface area contributed by atoms with Crippen LogP contribution < -0.4 is 10.2 Å². The van der Waals surface area contributed by atoms with Gasteiger partial charge in [-0.1, -0.05) is 17.7 Å². The largest absolute Gasteiger partial charge is 0.373 e. The summed E-state index contributed by atoms with van der Waals surface area (Å²) in [4.78, 5) is 25.3. The first-order valence-electron chi connectivity index (χ1n) is 7.11. The molecule has 1 aliphatic heterocycles. The highest BCUT2D eigenvalue weighted by Crippen LogP contribution is 2.27. The molecule has 1 atom stereocenters. The Morgan fingerprint density at radius 3 is 2.43 bits per heavy atom. The number of hydrogen-bond donors (Lipinski definition) is 1. The number of benzene rings is 2. The van der Waals surface area contributed by atoms with Crippen LogP contribution in [0, 0.1) is 18.6 Å². The van der Waals surface area contributed by atoms with Crippen LogP contribution in [0.5, 0.6) is 0 Å². The number of anilines is 2. The summed E-state index contributed by atoms with van der Waals surface area (Å²) in [5.74, 6) is -2.78. The van der Waals surface area contributed by atoms with E-state index in [0.717, 1.165) is 22.6 Å². The summed E-state index contributed by atoms with van der Waals surface area (Å²) in [5.41, 5.74) is 1.54. The fourth-order valence-electron chi connectivity index (χ4n) is 2.51. The molecule has 4 nitrogen and oxygen atoms in total. The van der Waals surface area contributed by atoms with Crippen molar-refractivity contribution in [1.82, 2.24) is 0 Å². The molecule has 2 aromatic rings. The Hall–Kier alpha value is -2.76. The molecule has 118 valence electrons. The molecule has 23 heavy (non-hydrogen) atoms. The third kappa shape index (κ3) is 2.92. The van der Waals surface area contributed by atoms with E-state index in [0.29, 0.717) is 11.8 Å². The van der Waals surface area contributed by atoms with Crippen molar-refractivity contribution in [2.75, 3.05) is 10.2 Å². The smallest absolute Gasteiger partial charge is 0.256 e. The lowest BCUT2D eigenvalue weighted by molar-refractivity contribution is -0.121. The number of hydrogen-bond acceptors (Lipinski definition) is 3. The molecule has 0 aromatic heterocycles. The van der Waals surface area contributed by atoms with Crippen molar-refractivity contribution < 1.29 is 18.4 Å². The molecule has 1 fully saturated rings. The molecule has 1 N–H and O–H groups in total. The van der Waals surface area contributed by atoms with E-state index < -0.39 is 29.5 Å². The van der Waals surface area contributed by atoms with Gasteiger partial charge in [-0.15, -0.1) is 0 Å². The van der Waals surface area contributed by atoms with E-state index in [-0.39, 0.29) is 12.1 Å². The van der Waals surface area contributed by atoms with Crippen molar-refractivity contribution in [1.29, 1.82) is 0 Å². The summed E-state index contributed by atoms with van der Waals surface area (Å²) in [7, 11) is 0. The maximum Gasteiger partial charge on any atom is 0.256 e. The molecule has 2 amide bonds. The molecule has 1 heterocycles. The number of amides is 2. The summed E-state index contributed by atoms with van der Waals surface area (Å²) in [5, 5.41) is 2.97. The first-order valence-corrected chi connectivity index (χ1v) is 7.11. The lowest BCUT2D eigenvalue weighted by atomic mass is 10.2. The summed E-state index contributed by atoms with van der Waals surface area (Å²) < 4.78 is 26.8. The van der Waals surface area contributed by atoms with E-state index in [4.69, 9.17) is 0 Å². The second kappa shape index (κ2) is 5.79. The Kier molecular flexibility index (Phi) is 3.82. The summed E-state index contributed by atoms with van der Waals surface area (Å²) in [6.45, 7) is 1.94. The van der Waals surface area contributed by atoms with E-state index in [1.165, 1.54) is 0 Å². The van der Waals surface area contributed by atoms with Gasteiger partial charge in [0.2, 0.25) is 5.91 Å². The first-order chi connectivity index (χ1) is 11.0. The van der Waals surface area contributed by atoms with Gasteiger partial charge >= 0.3 is 0 Å². The Bertz CT molecular complexity index is 775.